The molecule has 6 nitrogen and oxygen atoms in total. The van der Waals surface area contributed by atoms with E-state index in [9.17, 15) is 27.9 Å². The van der Waals surface area contributed by atoms with E-state index in [1.807, 2.05) is 0 Å². The van der Waals surface area contributed by atoms with Crippen molar-refractivity contribution in [2.24, 2.45) is 5.10 Å². The Balaban J connectivity index is 1.90. The van der Waals surface area contributed by atoms with Gasteiger partial charge in [-0.25, -0.2) is 5.43 Å². The van der Waals surface area contributed by atoms with Gasteiger partial charge in [-0.2, -0.15) is 18.3 Å². The van der Waals surface area contributed by atoms with Crippen LogP contribution in [-0.2, 0) is 15.8 Å². The molecule has 0 bridgehead atoms. The molecular weight excluding hydrogens is 431 g/mol. The molecule has 0 aromatic heterocycles. The molecule has 0 aliphatic rings. The molecular formula is C17H13BrF3N3O3. The number of carbonyl (C=O) groups is 2. The minimum absolute atomic E-state index is 0.0570. The van der Waals surface area contributed by atoms with Crippen LogP contribution in [0.2, 0.25) is 0 Å². The number of phenolic OH excluding ortho intramolecular Hbond substituents is 1. The number of nitrogens with one attached hydrogen (secondary N) is 2. The zero-order chi connectivity index (χ0) is 20.0. The number of hydrazone groups is 1. The van der Waals surface area contributed by atoms with E-state index < -0.39 is 30.0 Å². The number of phenols is 1. The van der Waals surface area contributed by atoms with Crippen LogP contribution in [0.15, 0.2) is 52.0 Å². The van der Waals surface area contributed by atoms with Crippen molar-refractivity contribution < 1.29 is 27.9 Å². The van der Waals surface area contributed by atoms with E-state index in [0.29, 0.717) is 10.0 Å². The molecule has 0 spiro atoms. The van der Waals surface area contributed by atoms with Gasteiger partial charge in [0.2, 0.25) is 11.8 Å². The fourth-order valence-corrected chi connectivity index (χ4v) is 2.35. The Morgan fingerprint density at radius 2 is 1.89 bits per heavy atom. The summed E-state index contributed by atoms with van der Waals surface area (Å²) in [5.74, 6) is -1.63. The molecule has 2 aromatic carbocycles. The Kier molecular flexibility index (Phi) is 6.56. The topological polar surface area (TPSA) is 90.8 Å². The average Bonchev–Trinajstić information content (AvgIpc) is 2.57. The minimum atomic E-state index is -4.54. The summed E-state index contributed by atoms with van der Waals surface area (Å²) in [6, 6.07) is 8.66. The lowest BCUT2D eigenvalue weighted by Crippen LogP contribution is -2.24. The third kappa shape index (κ3) is 6.41. The molecule has 0 aliphatic heterocycles. The number of nitrogens with zero attached hydrogens (tertiary/aromatic N) is 1. The molecule has 27 heavy (non-hydrogen) atoms. The van der Waals surface area contributed by atoms with Crippen molar-refractivity contribution in [1.82, 2.24) is 5.43 Å². The van der Waals surface area contributed by atoms with E-state index >= 15 is 0 Å². The average molecular weight is 444 g/mol. The third-order valence-electron chi connectivity index (χ3n) is 3.18. The number of rotatable bonds is 5. The van der Waals surface area contributed by atoms with Crippen molar-refractivity contribution >= 4 is 39.6 Å². The van der Waals surface area contributed by atoms with Gasteiger partial charge < -0.3 is 10.4 Å². The standard InChI is InChI=1S/C17H13BrF3N3O3/c18-12-4-5-14(25)10(6-12)9-22-24-16(27)8-15(26)23-13-3-1-2-11(7-13)17(19,20)21/h1-7,9,25H,8H2,(H,23,26)(H,24,27). The Bertz CT molecular complexity index is 885. The molecule has 2 rings (SSSR count). The first-order valence-corrected chi connectivity index (χ1v) is 8.22. The van der Waals surface area contributed by atoms with Gasteiger partial charge >= 0.3 is 6.18 Å². The quantitative estimate of drug-likeness (QED) is 0.374. The minimum Gasteiger partial charge on any atom is -0.507 e. The van der Waals surface area contributed by atoms with Crippen LogP contribution < -0.4 is 10.7 Å². The highest BCUT2D eigenvalue weighted by Crippen LogP contribution is 2.30. The Morgan fingerprint density at radius 1 is 1.15 bits per heavy atom. The van der Waals surface area contributed by atoms with Gasteiger partial charge in [-0.1, -0.05) is 22.0 Å². The summed E-state index contributed by atoms with van der Waals surface area (Å²) >= 11 is 3.22. The molecule has 0 saturated heterocycles. The maximum Gasteiger partial charge on any atom is 0.416 e. The lowest BCUT2D eigenvalue weighted by molar-refractivity contribution is -0.137. The normalized spacial score (nSPS) is 11.4. The molecule has 10 heteroatoms. The van der Waals surface area contributed by atoms with Gasteiger partial charge in [-0.05, 0) is 36.4 Å². The van der Waals surface area contributed by atoms with Gasteiger partial charge in [0, 0.05) is 15.7 Å². The first-order chi connectivity index (χ1) is 12.6. The monoisotopic (exact) mass is 443 g/mol. The second kappa shape index (κ2) is 8.67. The third-order valence-corrected chi connectivity index (χ3v) is 3.67. The predicted octanol–water partition coefficient (Wildman–Crippen LogP) is 3.65. The van der Waals surface area contributed by atoms with Crippen LogP contribution in [0.5, 0.6) is 5.75 Å². The highest BCUT2D eigenvalue weighted by molar-refractivity contribution is 9.10. The van der Waals surface area contributed by atoms with E-state index in [-0.39, 0.29) is 11.4 Å². The number of anilines is 1. The summed E-state index contributed by atoms with van der Waals surface area (Å²) in [5.41, 5.74) is 1.43. The van der Waals surface area contributed by atoms with Crippen LogP contribution in [0.1, 0.15) is 17.5 Å². The Labute approximate surface area is 160 Å². The fourth-order valence-electron chi connectivity index (χ4n) is 1.97. The molecule has 0 unspecified atom stereocenters. The molecule has 3 N–H and O–H groups in total. The van der Waals surface area contributed by atoms with Crippen LogP contribution in [0.25, 0.3) is 0 Å². The van der Waals surface area contributed by atoms with Crippen LogP contribution in [0.3, 0.4) is 0 Å². The van der Waals surface area contributed by atoms with E-state index in [0.717, 1.165) is 18.2 Å². The lowest BCUT2D eigenvalue weighted by Gasteiger charge is -2.09. The summed E-state index contributed by atoms with van der Waals surface area (Å²) in [7, 11) is 0. The molecule has 0 saturated carbocycles. The molecule has 142 valence electrons. The Morgan fingerprint density at radius 3 is 2.59 bits per heavy atom. The van der Waals surface area contributed by atoms with Crippen molar-refractivity contribution in [1.29, 1.82) is 0 Å². The molecule has 2 aromatic rings. The van der Waals surface area contributed by atoms with Gasteiger partial charge in [0.05, 0.1) is 11.8 Å². The van der Waals surface area contributed by atoms with Gasteiger partial charge in [-0.15, -0.1) is 0 Å². The van der Waals surface area contributed by atoms with Crippen LogP contribution in [0, 0.1) is 0 Å². The second-order valence-electron chi connectivity index (χ2n) is 5.30. The smallest absolute Gasteiger partial charge is 0.416 e. The van der Waals surface area contributed by atoms with E-state index in [1.165, 1.54) is 18.3 Å². The van der Waals surface area contributed by atoms with E-state index in [1.54, 1.807) is 12.1 Å². The maximum absolute atomic E-state index is 12.6. The number of hydrogen-bond acceptors (Lipinski definition) is 4. The van der Waals surface area contributed by atoms with Crippen LogP contribution in [0.4, 0.5) is 18.9 Å². The second-order valence-corrected chi connectivity index (χ2v) is 6.22. The molecule has 0 atom stereocenters. The van der Waals surface area contributed by atoms with E-state index in [2.05, 4.69) is 31.8 Å². The van der Waals surface area contributed by atoms with Crippen LogP contribution in [-0.4, -0.2) is 23.1 Å². The first kappa shape index (κ1) is 20.4. The number of aromatic hydroxyl groups is 1. The molecule has 2 amide bonds. The Hall–Kier alpha value is -2.88. The van der Waals surface area contributed by atoms with Gasteiger partial charge in [0.25, 0.3) is 0 Å². The van der Waals surface area contributed by atoms with Crippen molar-refractivity contribution in [3.8, 4) is 5.75 Å². The van der Waals surface area contributed by atoms with Crippen molar-refractivity contribution in [2.45, 2.75) is 12.6 Å². The summed E-state index contributed by atoms with van der Waals surface area (Å²) in [6.45, 7) is 0. The first-order valence-electron chi connectivity index (χ1n) is 7.42. The summed E-state index contributed by atoms with van der Waals surface area (Å²) in [4.78, 5) is 23.4. The highest BCUT2D eigenvalue weighted by atomic mass is 79.9. The molecule has 0 heterocycles. The molecule has 0 aliphatic carbocycles. The maximum atomic E-state index is 12.6. The van der Waals surface area contributed by atoms with Gasteiger partial charge in [0.1, 0.15) is 12.2 Å². The van der Waals surface area contributed by atoms with Gasteiger partial charge in [-0.3, -0.25) is 9.59 Å². The summed E-state index contributed by atoms with van der Waals surface area (Å²) < 4.78 is 38.6. The summed E-state index contributed by atoms with van der Waals surface area (Å²) in [6.07, 6.45) is -3.99. The van der Waals surface area contributed by atoms with Crippen molar-refractivity contribution in [3.63, 3.8) is 0 Å². The number of alkyl halides is 3. The van der Waals surface area contributed by atoms with Crippen molar-refractivity contribution in [2.75, 3.05) is 5.32 Å². The van der Waals surface area contributed by atoms with Crippen molar-refractivity contribution in [3.05, 3.63) is 58.1 Å². The predicted molar refractivity (Wildman–Crippen MR) is 96.2 cm³/mol. The lowest BCUT2D eigenvalue weighted by atomic mass is 10.2. The fraction of sp³-hybridized carbons (Fsp3) is 0.118. The zero-order valence-electron chi connectivity index (χ0n) is 13.5. The number of benzene rings is 2. The van der Waals surface area contributed by atoms with Gasteiger partial charge in [0.15, 0.2) is 0 Å². The summed E-state index contributed by atoms with van der Waals surface area (Å²) in [5, 5.41) is 15.4. The number of amides is 2. The largest absolute Gasteiger partial charge is 0.507 e. The molecule has 0 fully saturated rings. The molecule has 0 radical (unpaired) electrons. The highest BCUT2D eigenvalue weighted by Gasteiger charge is 2.30. The number of carbonyl (C=O) groups excluding carboxylic acids is 2. The zero-order valence-corrected chi connectivity index (χ0v) is 15.1. The SMILES string of the molecule is O=C(CC(=O)Nc1cccc(C(F)(F)F)c1)NN=Cc1cc(Br)ccc1O. The van der Waals surface area contributed by atoms with E-state index in [4.69, 9.17) is 0 Å². The van der Waals surface area contributed by atoms with Crippen LogP contribution >= 0.6 is 15.9 Å². The number of halogens is 4. The number of hydrogen-bond donors (Lipinski definition) is 3.